The second-order valence-electron chi connectivity index (χ2n) is 3.99. The highest BCUT2D eigenvalue weighted by Gasteiger charge is 2.20. The molecular weight excluding hydrogens is 268 g/mol. The molecule has 0 radical (unpaired) electrons. The van der Waals surface area contributed by atoms with Gasteiger partial charge in [0.1, 0.15) is 5.82 Å². The van der Waals surface area contributed by atoms with Crippen LogP contribution in [0.15, 0.2) is 28.9 Å². The topological polar surface area (TPSA) is 35.0 Å². The van der Waals surface area contributed by atoms with E-state index in [1.54, 1.807) is 0 Å². The molecule has 3 nitrogen and oxygen atoms in total. The van der Waals surface area contributed by atoms with Crippen molar-refractivity contribution in [2.45, 2.75) is 12.3 Å². The van der Waals surface area contributed by atoms with Crippen molar-refractivity contribution < 1.29 is 4.74 Å². The van der Waals surface area contributed by atoms with Gasteiger partial charge in [0.05, 0.1) is 12.1 Å². The van der Waals surface area contributed by atoms with Gasteiger partial charge in [-0.3, -0.25) is 0 Å². The van der Waals surface area contributed by atoms with Crippen LogP contribution >= 0.6 is 15.9 Å². The molecule has 0 spiro atoms. The van der Waals surface area contributed by atoms with Crippen molar-refractivity contribution in [1.29, 1.82) is 0 Å². The molecule has 0 saturated carbocycles. The summed E-state index contributed by atoms with van der Waals surface area (Å²) in [5, 5.41) is 1.07. The van der Waals surface area contributed by atoms with E-state index in [1.807, 2.05) is 24.4 Å². The SMILES string of the molecule is Brc1ccc2nc(C3CCOC3)ncc2c1. The molecule has 1 unspecified atom stereocenters. The number of hydrogen-bond donors (Lipinski definition) is 0. The zero-order valence-corrected chi connectivity index (χ0v) is 10.3. The third-order valence-corrected chi connectivity index (χ3v) is 3.35. The Morgan fingerprint density at radius 1 is 1.38 bits per heavy atom. The Kier molecular flexibility index (Phi) is 2.61. The molecule has 1 aromatic carbocycles. The zero-order valence-electron chi connectivity index (χ0n) is 8.69. The first-order valence-electron chi connectivity index (χ1n) is 5.33. The third-order valence-electron chi connectivity index (χ3n) is 2.86. The summed E-state index contributed by atoms with van der Waals surface area (Å²) in [4.78, 5) is 9.00. The second kappa shape index (κ2) is 4.11. The van der Waals surface area contributed by atoms with Gasteiger partial charge >= 0.3 is 0 Å². The van der Waals surface area contributed by atoms with Gasteiger partial charge in [-0.25, -0.2) is 9.97 Å². The van der Waals surface area contributed by atoms with Gasteiger partial charge in [0.25, 0.3) is 0 Å². The molecule has 16 heavy (non-hydrogen) atoms. The highest BCUT2D eigenvalue weighted by Crippen LogP contribution is 2.24. The van der Waals surface area contributed by atoms with Crippen LogP contribution in [0.3, 0.4) is 0 Å². The van der Waals surface area contributed by atoms with E-state index in [9.17, 15) is 0 Å². The zero-order chi connectivity index (χ0) is 11.0. The summed E-state index contributed by atoms with van der Waals surface area (Å²) in [6.07, 6.45) is 2.92. The monoisotopic (exact) mass is 278 g/mol. The second-order valence-corrected chi connectivity index (χ2v) is 4.91. The maximum absolute atomic E-state index is 5.36. The molecule has 1 aliphatic heterocycles. The highest BCUT2D eigenvalue weighted by molar-refractivity contribution is 9.10. The average Bonchev–Trinajstić information content (AvgIpc) is 2.82. The van der Waals surface area contributed by atoms with Crippen LogP contribution < -0.4 is 0 Å². The molecule has 0 aliphatic carbocycles. The Morgan fingerprint density at radius 2 is 2.31 bits per heavy atom. The molecule has 4 heteroatoms. The van der Waals surface area contributed by atoms with Gasteiger partial charge in [-0.1, -0.05) is 15.9 Å². The van der Waals surface area contributed by atoms with Crippen molar-refractivity contribution in [1.82, 2.24) is 9.97 Å². The summed E-state index contributed by atoms with van der Waals surface area (Å²) in [6, 6.07) is 6.05. The smallest absolute Gasteiger partial charge is 0.134 e. The van der Waals surface area contributed by atoms with Crippen LogP contribution in [0.1, 0.15) is 18.2 Å². The molecule has 1 atom stereocenters. The fraction of sp³-hybridized carbons (Fsp3) is 0.333. The lowest BCUT2D eigenvalue weighted by atomic mass is 10.1. The van der Waals surface area contributed by atoms with Gasteiger partial charge < -0.3 is 4.74 Å². The van der Waals surface area contributed by atoms with Crippen LogP contribution in [-0.2, 0) is 4.74 Å². The normalized spacial score (nSPS) is 20.4. The van der Waals surface area contributed by atoms with Crippen molar-refractivity contribution in [2.24, 2.45) is 0 Å². The third kappa shape index (κ3) is 1.83. The first kappa shape index (κ1) is 10.2. The minimum absolute atomic E-state index is 0.369. The summed E-state index contributed by atoms with van der Waals surface area (Å²) in [5.41, 5.74) is 1.00. The molecule has 0 bridgehead atoms. The summed E-state index contributed by atoms with van der Waals surface area (Å²) in [6.45, 7) is 1.58. The maximum atomic E-state index is 5.36. The minimum Gasteiger partial charge on any atom is -0.381 e. The summed E-state index contributed by atoms with van der Waals surface area (Å²) in [7, 11) is 0. The average molecular weight is 279 g/mol. The number of fused-ring (bicyclic) bond motifs is 1. The molecule has 0 N–H and O–H groups in total. The number of aromatic nitrogens is 2. The Labute approximate surface area is 102 Å². The standard InChI is InChI=1S/C12H11BrN2O/c13-10-1-2-11-9(5-10)6-14-12(15-11)8-3-4-16-7-8/h1-2,5-6,8H,3-4,7H2. The quantitative estimate of drug-likeness (QED) is 0.805. The fourth-order valence-electron chi connectivity index (χ4n) is 1.95. The molecule has 1 aliphatic rings. The molecule has 1 fully saturated rings. The van der Waals surface area contributed by atoms with Crippen molar-refractivity contribution in [2.75, 3.05) is 13.2 Å². The van der Waals surface area contributed by atoms with Crippen LogP contribution in [0.25, 0.3) is 10.9 Å². The first-order valence-corrected chi connectivity index (χ1v) is 6.12. The molecular formula is C12H11BrN2O. The van der Waals surface area contributed by atoms with E-state index in [4.69, 9.17) is 4.74 Å². The van der Waals surface area contributed by atoms with Gasteiger partial charge in [0.15, 0.2) is 0 Å². The number of ether oxygens (including phenoxy) is 1. The summed E-state index contributed by atoms with van der Waals surface area (Å²) < 4.78 is 6.41. The molecule has 2 heterocycles. The number of benzene rings is 1. The van der Waals surface area contributed by atoms with Crippen molar-refractivity contribution in [3.05, 3.63) is 34.7 Å². The Morgan fingerprint density at radius 3 is 3.12 bits per heavy atom. The van der Waals surface area contributed by atoms with Gasteiger partial charge in [0.2, 0.25) is 0 Å². The first-order chi connectivity index (χ1) is 7.83. The van der Waals surface area contributed by atoms with Gasteiger partial charge in [-0.15, -0.1) is 0 Å². The number of rotatable bonds is 1. The predicted octanol–water partition coefficient (Wildman–Crippen LogP) is 2.90. The summed E-state index contributed by atoms with van der Waals surface area (Å²) >= 11 is 3.44. The van der Waals surface area contributed by atoms with Gasteiger partial charge in [-0.2, -0.15) is 0 Å². The van der Waals surface area contributed by atoms with Crippen LogP contribution in [0, 0.1) is 0 Å². The van der Waals surface area contributed by atoms with Crippen LogP contribution in [-0.4, -0.2) is 23.2 Å². The van der Waals surface area contributed by atoms with E-state index in [2.05, 4.69) is 25.9 Å². The van der Waals surface area contributed by atoms with Crippen molar-refractivity contribution >= 4 is 26.8 Å². The molecule has 2 aromatic rings. The van der Waals surface area contributed by atoms with Crippen molar-refractivity contribution in [3.63, 3.8) is 0 Å². The Balaban J connectivity index is 2.05. The van der Waals surface area contributed by atoms with E-state index in [0.717, 1.165) is 40.8 Å². The maximum Gasteiger partial charge on any atom is 0.134 e. The van der Waals surface area contributed by atoms with Crippen LogP contribution in [0.4, 0.5) is 0 Å². The molecule has 1 aromatic heterocycles. The van der Waals surface area contributed by atoms with E-state index < -0.39 is 0 Å². The van der Waals surface area contributed by atoms with E-state index in [1.165, 1.54) is 0 Å². The minimum atomic E-state index is 0.369. The number of halogens is 1. The summed E-state index contributed by atoms with van der Waals surface area (Å²) in [5.74, 6) is 1.28. The van der Waals surface area contributed by atoms with E-state index >= 15 is 0 Å². The largest absolute Gasteiger partial charge is 0.381 e. The lowest BCUT2D eigenvalue weighted by Crippen LogP contribution is -2.03. The fourth-order valence-corrected chi connectivity index (χ4v) is 2.33. The number of hydrogen-bond acceptors (Lipinski definition) is 3. The molecule has 1 saturated heterocycles. The van der Waals surface area contributed by atoms with Gasteiger partial charge in [-0.05, 0) is 24.6 Å². The number of nitrogens with zero attached hydrogens (tertiary/aromatic N) is 2. The molecule has 82 valence electrons. The van der Waals surface area contributed by atoms with Crippen molar-refractivity contribution in [3.8, 4) is 0 Å². The lowest BCUT2D eigenvalue weighted by Gasteiger charge is -2.06. The predicted molar refractivity (Wildman–Crippen MR) is 65.4 cm³/mol. The van der Waals surface area contributed by atoms with Crippen LogP contribution in [0.2, 0.25) is 0 Å². The van der Waals surface area contributed by atoms with Crippen LogP contribution in [0.5, 0.6) is 0 Å². The van der Waals surface area contributed by atoms with E-state index in [-0.39, 0.29) is 0 Å². The van der Waals surface area contributed by atoms with Gasteiger partial charge in [0, 0.05) is 28.6 Å². The lowest BCUT2D eigenvalue weighted by molar-refractivity contribution is 0.193. The molecule has 0 amide bonds. The Bertz CT molecular complexity index is 523. The molecule has 3 rings (SSSR count). The highest BCUT2D eigenvalue weighted by atomic mass is 79.9. The Hall–Kier alpha value is -1.00. The van der Waals surface area contributed by atoms with E-state index in [0.29, 0.717) is 5.92 Å².